The molecule has 0 fully saturated rings. The highest BCUT2D eigenvalue weighted by Crippen LogP contribution is 2.23. The number of amides is 1. The molecule has 6 heteroatoms. The molecule has 0 aliphatic rings. The van der Waals surface area contributed by atoms with Crippen molar-refractivity contribution < 1.29 is 9.53 Å². The van der Waals surface area contributed by atoms with Gasteiger partial charge in [0.25, 0.3) is 5.91 Å². The molecule has 0 saturated heterocycles. The average molecular weight is 407 g/mol. The van der Waals surface area contributed by atoms with Gasteiger partial charge in [0.2, 0.25) is 0 Å². The van der Waals surface area contributed by atoms with E-state index in [4.69, 9.17) is 17.0 Å². The van der Waals surface area contributed by atoms with Crippen molar-refractivity contribution in [2.24, 2.45) is 0 Å². The van der Waals surface area contributed by atoms with Crippen molar-refractivity contribution in [3.8, 4) is 5.75 Å². The molecule has 2 aromatic carbocycles. The standard InChI is InChI=1S/C18H19BrN2O2S/c1-2-23-16-9-8-14(19)12-15(16)17(22)21-18(24)20-11-10-13-6-4-3-5-7-13/h3-9,12H,2,10-11H2,1H3,(H2,20,21,22,24). The zero-order valence-electron chi connectivity index (χ0n) is 13.3. The molecule has 2 aromatic rings. The van der Waals surface area contributed by atoms with Gasteiger partial charge in [-0.3, -0.25) is 10.1 Å². The number of nitrogens with one attached hydrogen (secondary N) is 2. The molecule has 0 spiro atoms. The maximum absolute atomic E-state index is 12.4. The van der Waals surface area contributed by atoms with Gasteiger partial charge in [-0.2, -0.15) is 0 Å². The smallest absolute Gasteiger partial charge is 0.261 e. The lowest BCUT2D eigenvalue weighted by molar-refractivity contribution is 0.0973. The molecule has 0 heterocycles. The highest BCUT2D eigenvalue weighted by Gasteiger charge is 2.14. The van der Waals surface area contributed by atoms with Crippen molar-refractivity contribution >= 4 is 39.2 Å². The Hall–Kier alpha value is -1.92. The molecule has 0 aliphatic carbocycles. The van der Waals surface area contributed by atoms with E-state index in [1.54, 1.807) is 12.1 Å². The van der Waals surface area contributed by atoms with E-state index in [1.807, 2.05) is 31.2 Å². The minimum atomic E-state index is -0.294. The van der Waals surface area contributed by atoms with Crippen LogP contribution < -0.4 is 15.4 Å². The predicted molar refractivity (Wildman–Crippen MR) is 104 cm³/mol. The minimum Gasteiger partial charge on any atom is -0.493 e. The van der Waals surface area contributed by atoms with Crippen molar-refractivity contribution in [3.63, 3.8) is 0 Å². The third kappa shape index (κ3) is 5.62. The molecule has 24 heavy (non-hydrogen) atoms. The monoisotopic (exact) mass is 406 g/mol. The van der Waals surface area contributed by atoms with E-state index in [9.17, 15) is 4.79 Å². The molecular weight excluding hydrogens is 388 g/mol. The number of hydrogen-bond acceptors (Lipinski definition) is 3. The second-order valence-electron chi connectivity index (χ2n) is 5.02. The Morgan fingerprint density at radius 1 is 1.21 bits per heavy atom. The van der Waals surface area contributed by atoms with Crippen LogP contribution in [0.2, 0.25) is 0 Å². The summed E-state index contributed by atoms with van der Waals surface area (Å²) >= 11 is 8.56. The molecule has 0 saturated carbocycles. The molecule has 0 aromatic heterocycles. The Bertz CT molecular complexity index is 707. The molecular formula is C18H19BrN2O2S. The number of carbonyl (C=O) groups is 1. The van der Waals surface area contributed by atoms with E-state index in [1.165, 1.54) is 5.56 Å². The minimum absolute atomic E-state index is 0.294. The van der Waals surface area contributed by atoms with E-state index in [2.05, 4.69) is 38.7 Å². The Labute approximate surface area is 155 Å². The first-order valence-corrected chi connectivity index (χ1v) is 8.85. The number of thiocarbonyl (C=S) groups is 1. The van der Waals surface area contributed by atoms with Gasteiger partial charge in [-0.25, -0.2) is 0 Å². The highest BCUT2D eigenvalue weighted by atomic mass is 79.9. The summed E-state index contributed by atoms with van der Waals surface area (Å²) in [4.78, 5) is 12.4. The summed E-state index contributed by atoms with van der Waals surface area (Å²) in [6.45, 7) is 3.01. The van der Waals surface area contributed by atoms with Crippen molar-refractivity contribution in [3.05, 3.63) is 64.1 Å². The second-order valence-corrected chi connectivity index (χ2v) is 6.34. The molecule has 126 valence electrons. The van der Waals surface area contributed by atoms with Gasteiger partial charge in [0, 0.05) is 11.0 Å². The first-order chi connectivity index (χ1) is 11.6. The van der Waals surface area contributed by atoms with Crippen LogP contribution >= 0.6 is 28.1 Å². The Kier molecular flexibility index (Phi) is 7.21. The van der Waals surface area contributed by atoms with Crippen molar-refractivity contribution in [1.29, 1.82) is 0 Å². The number of halogens is 1. The van der Waals surface area contributed by atoms with Crippen LogP contribution in [0, 0.1) is 0 Å². The first-order valence-electron chi connectivity index (χ1n) is 7.65. The SMILES string of the molecule is CCOc1ccc(Br)cc1C(=O)NC(=S)NCCc1ccccc1. The van der Waals surface area contributed by atoms with Gasteiger partial charge in [-0.05, 0) is 49.3 Å². The third-order valence-corrected chi connectivity index (χ3v) is 3.99. The molecule has 1 amide bonds. The van der Waals surface area contributed by atoms with Crippen molar-refractivity contribution in [2.75, 3.05) is 13.2 Å². The summed E-state index contributed by atoms with van der Waals surface area (Å²) in [6.07, 6.45) is 0.831. The number of benzene rings is 2. The maximum atomic E-state index is 12.4. The summed E-state index contributed by atoms with van der Waals surface area (Å²) in [6, 6.07) is 15.4. The average Bonchev–Trinajstić information content (AvgIpc) is 2.57. The lowest BCUT2D eigenvalue weighted by atomic mass is 10.1. The molecule has 0 radical (unpaired) electrons. The normalized spacial score (nSPS) is 10.1. The fourth-order valence-electron chi connectivity index (χ4n) is 2.14. The van der Waals surface area contributed by atoms with Crippen LogP contribution in [0.5, 0.6) is 5.75 Å². The number of ether oxygens (including phenoxy) is 1. The van der Waals surface area contributed by atoms with Gasteiger partial charge in [0.1, 0.15) is 5.75 Å². The second kappa shape index (κ2) is 9.39. The van der Waals surface area contributed by atoms with E-state index < -0.39 is 0 Å². The summed E-state index contributed by atoms with van der Waals surface area (Å²) < 4.78 is 6.29. The molecule has 2 N–H and O–H groups in total. The van der Waals surface area contributed by atoms with Crippen LogP contribution in [0.15, 0.2) is 53.0 Å². The summed E-state index contributed by atoms with van der Waals surface area (Å²) in [5.41, 5.74) is 1.66. The lowest BCUT2D eigenvalue weighted by Crippen LogP contribution is -2.40. The van der Waals surface area contributed by atoms with E-state index in [0.29, 0.717) is 29.6 Å². The van der Waals surface area contributed by atoms with E-state index >= 15 is 0 Å². The first kappa shape index (κ1) is 18.4. The van der Waals surface area contributed by atoms with Crippen LogP contribution in [0.25, 0.3) is 0 Å². The number of hydrogen-bond donors (Lipinski definition) is 2. The third-order valence-electron chi connectivity index (χ3n) is 3.26. The Balaban J connectivity index is 1.89. The van der Waals surface area contributed by atoms with Crippen LogP contribution in [0.3, 0.4) is 0 Å². The largest absolute Gasteiger partial charge is 0.493 e. The van der Waals surface area contributed by atoms with Gasteiger partial charge in [0.05, 0.1) is 12.2 Å². The van der Waals surface area contributed by atoms with E-state index in [-0.39, 0.29) is 5.91 Å². The van der Waals surface area contributed by atoms with Gasteiger partial charge in [0.15, 0.2) is 5.11 Å². The predicted octanol–water partition coefficient (Wildman–Crippen LogP) is 3.69. The summed E-state index contributed by atoms with van der Waals surface area (Å²) in [5.74, 6) is 0.238. The van der Waals surface area contributed by atoms with Crippen LogP contribution in [0.1, 0.15) is 22.8 Å². The zero-order chi connectivity index (χ0) is 17.4. The van der Waals surface area contributed by atoms with Gasteiger partial charge < -0.3 is 10.1 Å². The molecule has 0 bridgehead atoms. The number of carbonyl (C=O) groups excluding carboxylic acids is 1. The molecule has 2 rings (SSSR count). The quantitative estimate of drug-likeness (QED) is 0.718. The van der Waals surface area contributed by atoms with Gasteiger partial charge >= 0.3 is 0 Å². The van der Waals surface area contributed by atoms with Gasteiger partial charge in [-0.15, -0.1) is 0 Å². The molecule has 0 unspecified atom stereocenters. The van der Waals surface area contributed by atoms with Crippen LogP contribution in [0.4, 0.5) is 0 Å². The van der Waals surface area contributed by atoms with Crippen molar-refractivity contribution in [2.45, 2.75) is 13.3 Å². The Morgan fingerprint density at radius 2 is 1.96 bits per heavy atom. The fourth-order valence-corrected chi connectivity index (χ4v) is 2.70. The molecule has 4 nitrogen and oxygen atoms in total. The summed E-state index contributed by atoms with van der Waals surface area (Å²) in [5, 5.41) is 6.04. The maximum Gasteiger partial charge on any atom is 0.261 e. The summed E-state index contributed by atoms with van der Waals surface area (Å²) in [7, 11) is 0. The molecule has 0 atom stereocenters. The van der Waals surface area contributed by atoms with Crippen LogP contribution in [-0.2, 0) is 6.42 Å². The van der Waals surface area contributed by atoms with Gasteiger partial charge in [-0.1, -0.05) is 46.3 Å². The fraction of sp³-hybridized carbons (Fsp3) is 0.222. The highest BCUT2D eigenvalue weighted by molar-refractivity contribution is 9.10. The van der Waals surface area contributed by atoms with E-state index in [0.717, 1.165) is 10.9 Å². The Morgan fingerprint density at radius 3 is 2.67 bits per heavy atom. The topological polar surface area (TPSA) is 50.4 Å². The van der Waals surface area contributed by atoms with Crippen molar-refractivity contribution in [1.82, 2.24) is 10.6 Å². The number of rotatable bonds is 6. The molecule has 0 aliphatic heterocycles. The van der Waals surface area contributed by atoms with Crippen LogP contribution in [-0.4, -0.2) is 24.2 Å². The zero-order valence-corrected chi connectivity index (χ0v) is 15.7. The lowest BCUT2D eigenvalue weighted by Gasteiger charge is -2.13.